The van der Waals surface area contributed by atoms with Crippen molar-refractivity contribution in [1.29, 1.82) is 0 Å². The predicted molar refractivity (Wildman–Crippen MR) is 93.2 cm³/mol. The third kappa shape index (κ3) is 6.48. The van der Waals surface area contributed by atoms with E-state index < -0.39 is 0 Å². The SMILES string of the molecule is CCCCC(CC)C(Cc1ccc(Br)cc1F)NCCC. The summed E-state index contributed by atoms with van der Waals surface area (Å²) in [6, 6.07) is 5.78. The molecule has 0 spiro atoms. The molecule has 1 aromatic carbocycles. The van der Waals surface area contributed by atoms with Crippen molar-refractivity contribution in [3.8, 4) is 0 Å². The molecule has 1 rings (SSSR count). The summed E-state index contributed by atoms with van der Waals surface area (Å²) in [5, 5.41) is 3.64. The van der Waals surface area contributed by atoms with E-state index in [4.69, 9.17) is 0 Å². The fraction of sp³-hybridized carbons (Fsp3) is 0.667. The van der Waals surface area contributed by atoms with Gasteiger partial charge in [-0.1, -0.05) is 62.0 Å². The van der Waals surface area contributed by atoms with Crippen molar-refractivity contribution in [1.82, 2.24) is 5.32 Å². The van der Waals surface area contributed by atoms with Crippen LogP contribution < -0.4 is 5.32 Å². The molecule has 3 heteroatoms. The van der Waals surface area contributed by atoms with Gasteiger partial charge in [-0.05, 0) is 49.4 Å². The Bertz CT molecular complexity index is 408. The van der Waals surface area contributed by atoms with Crippen LogP contribution in [0.25, 0.3) is 0 Å². The van der Waals surface area contributed by atoms with E-state index in [1.54, 1.807) is 6.07 Å². The van der Waals surface area contributed by atoms with Crippen LogP contribution in [0.1, 0.15) is 58.4 Å². The Morgan fingerprint density at radius 2 is 1.95 bits per heavy atom. The first-order chi connectivity index (χ1) is 10.1. The van der Waals surface area contributed by atoms with Gasteiger partial charge in [-0.25, -0.2) is 4.39 Å². The molecule has 0 aliphatic carbocycles. The highest BCUT2D eigenvalue weighted by Crippen LogP contribution is 2.23. The average molecular weight is 358 g/mol. The van der Waals surface area contributed by atoms with Gasteiger partial charge in [-0.3, -0.25) is 0 Å². The number of unbranched alkanes of at least 4 members (excludes halogenated alkanes) is 1. The number of halogens is 2. The molecule has 0 amide bonds. The zero-order valence-electron chi connectivity index (χ0n) is 13.6. The van der Waals surface area contributed by atoms with Crippen LogP contribution in [0.15, 0.2) is 22.7 Å². The van der Waals surface area contributed by atoms with E-state index in [2.05, 4.69) is 42.0 Å². The first-order valence-corrected chi connectivity index (χ1v) is 9.08. The second-order valence-electron chi connectivity index (χ2n) is 5.81. The number of nitrogens with one attached hydrogen (secondary N) is 1. The molecule has 2 atom stereocenters. The van der Waals surface area contributed by atoms with Gasteiger partial charge >= 0.3 is 0 Å². The van der Waals surface area contributed by atoms with Crippen molar-refractivity contribution in [2.24, 2.45) is 5.92 Å². The lowest BCUT2D eigenvalue weighted by Gasteiger charge is -2.28. The summed E-state index contributed by atoms with van der Waals surface area (Å²) in [5.74, 6) is 0.526. The molecule has 0 aliphatic rings. The van der Waals surface area contributed by atoms with Gasteiger partial charge in [0, 0.05) is 10.5 Å². The summed E-state index contributed by atoms with van der Waals surface area (Å²) >= 11 is 3.33. The van der Waals surface area contributed by atoms with Crippen molar-refractivity contribution >= 4 is 15.9 Å². The van der Waals surface area contributed by atoms with Crippen LogP contribution in [0, 0.1) is 11.7 Å². The lowest BCUT2D eigenvalue weighted by atomic mass is 9.87. The highest BCUT2D eigenvalue weighted by molar-refractivity contribution is 9.10. The minimum Gasteiger partial charge on any atom is -0.313 e. The van der Waals surface area contributed by atoms with E-state index in [0.29, 0.717) is 12.0 Å². The van der Waals surface area contributed by atoms with Crippen molar-refractivity contribution in [3.05, 3.63) is 34.1 Å². The lowest BCUT2D eigenvalue weighted by molar-refractivity contribution is 0.313. The molecular formula is C18H29BrFN. The maximum absolute atomic E-state index is 14.1. The van der Waals surface area contributed by atoms with Crippen LogP contribution in [-0.4, -0.2) is 12.6 Å². The molecule has 1 aromatic rings. The van der Waals surface area contributed by atoms with E-state index >= 15 is 0 Å². The first kappa shape index (κ1) is 18.6. The van der Waals surface area contributed by atoms with Gasteiger partial charge < -0.3 is 5.32 Å². The minimum absolute atomic E-state index is 0.0991. The molecule has 0 aromatic heterocycles. The van der Waals surface area contributed by atoms with Gasteiger partial charge in [-0.2, -0.15) is 0 Å². The first-order valence-electron chi connectivity index (χ1n) is 8.29. The van der Waals surface area contributed by atoms with E-state index in [9.17, 15) is 4.39 Å². The lowest BCUT2D eigenvalue weighted by Crippen LogP contribution is -2.38. The van der Waals surface area contributed by atoms with Crippen molar-refractivity contribution < 1.29 is 4.39 Å². The Labute approximate surface area is 137 Å². The molecule has 0 fully saturated rings. The number of hydrogen-bond donors (Lipinski definition) is 1. The van der Waals surface area contributed by atoms with Crippen LogP contribution in [0.5, 0.6) is 0 Å². The van der Waals surface area contributed by atoms with E-state index in [-0.39, 0.29) is 5.82 Å². The molecular weight excluding hydrogens is 329 g/mol. The summed E-state index contributed by atoms with van der Waals surface area (Å²) in [7, 11) is 0. The monoisotopic (exact) mass is 357 g/mol. The smallest absolute Gasteiger partial charge is 0.127 e. The summed E-state index contributed by atoms with van der Waals surface area (Å²) in [6.07, 6.45) is 6.76. The highest BCUT2D eigenvalue weighted by Gasteiger charge is 2.20. The normalized spacial score (nSPS) is 14.1. The van der Waals surface area contributed by atoms with Crippen molar-refractivity contribution in [3.63, 3.8) is 0 Å². The Morgan fingerprint density at radius 1 is 1.19 bits per heavy atom. The molecule has 0 aliphatic heterocycles. The fourth-order valence-corrected chi connectivity index (χ4v) is 3.15. The molecule has 0 saturated heterocycles. The molecule has 0 bridgehead atoms. The van der Waals surface area contributed by atoms with Crippen LogP contribution in [0.3, 0.4) is 0 Å². The summed E-state index contributed by atoms with van der Waals surface area (Å²) in [6.45, 7) is 7.66. The van der Waals surface area contributed by atoms with E-state index in [1.807, 2.05) is 12.1 Å². The Kier molecular flexibility index (Phi) is 9.18. The molecule has 1 nitrogen and oxygen atoms in total. The maximum atomic E-state index is 14.1. The zero-order chi connectivity index (χ0) is 15.7. The van der Waals surface area contributed by atoms with Gasteiger partial charge in [0.1, 0.15) is 5.82 Å². The highest BCUT2D eigenvalue weighted by atomic mass is 79.9. The number of hydrogen-bond acceptors (Lipinski definition) is 1. The topological polar surface area (TPSA) is 12.0 Å². The average Bonchev–Trinajstić information content (AvgIpc) is 2.47. The van der Waals surface area contributed by atoms with Crippen LogP contribution in [0.2, 0.25) is 0 Å². The standard InChI is InChI=1S/C18H29BrFN/c1-4-7-8-14(6-3)18(21-11-5-2)12-15-9-10-16(19)13-17(15)20/h9-10,13-14,18,21H,4-8,11-12H2,1-3H3. The fourth-order valence-electron chi connectivity index (χ4n) is 2.82. The predicted octanol–water partition coefficient (Wildman–Crippen LogP) is 5.72. The zero-order valence-corrected chi connectivity index (χ0v) is 15.2. The maximum Gasteiger partial charge on any atom is 0.127 e. The summed E-state index contributed by atoms with van der Waals surface area (Å²) in [4.78, 5) is 0. The Balaban J connectivity index is 2.79. The van der Waals surface area contributed by atoms with E-state index in [0.717, 1.165) is 35.8 Å². The minimum atomic E-state index is -0.0991. The third-order valence-electron chi connectivity index (χ3n) is 4.13. The largest absolute Gasteiger partial charge is 0.313 e. The van der Waals surface area contributed by atoms with Gasteiger partial charge in [0.15, 0.2) is 0 Å². The molecule has 2 unspecified atom stereocenters. The molecule has 1 N–H and O–H groups in total. The second-order valence-corrected chi connectivity index (χ2v) is 6.73. The van der Waals surface area contributed by atoms with Gasteiger partial charge in [-0.15, -0.1) is 0 Å². The molecule has 0 radical (unpaired) electrons. The molecule has 120 valence electrons. The molecule has 21 heavy (non-hydrogen) atoms. The van der Waals surface area contributed by atoms with Gasteiger partial charge in [0.2, 0.25) is 0 Å². The Morgan fingerprint density at radius 3 is 2.52 bits per heavy atom. The van der Waals surface area contributed by atoms with Crippen LogP contribution in [0.4, 0.5) is 4.39 Å². The second kappa shape index (κ2) is 10.3. The van der Waals surface area contributed by atoms with E-state index in [1.165, 1.54) is 19.3 Å². The van der Waals surface area contributed by atoms with Crippen molar-refractivity contribution in [2.45, 2.75) is 65.3 Å². The number of benzene rings is 1. The molecule has 0 heterocycles. The van der Waals surface area contributed by atoms with Crippen LogP contribution >= 0.6 is 15.9 Å². The Hall–Kier alpha value is -0.410. The third-order valence-corrected chi connectivity index (χ3v) is 4.63. The quantitative estimate of drug-likeness (QED) is 0.564. The van der Waals surface area contributed by atoms with Crippen molar-refractivity contribution in [2.75, 3.05) is 6.54 Å². The van der Waals surface area contributed by atoms with Crippen LogP contribution in [-0.2, 0) is 6.42 Å². The summed E-state index contributed by atoms with van der Waals surface area (Å²) < 4.78 is 14.9. The number of rotatable bonds is 10. The van der Waals surface area contributed by atoms with Gasteiger partial charge in [0.05, 0.1) is 0 Å². The molecule has 0 saturated carbocycles. The summed E-state index contributed by atoms with van der Waals surface area (Å²) in [5.41, 5.74) is 0.821. The van der Waals surface area contributed by atoms with Gasteiger partial charge in [0.25, 0.3) is 0 Å².